The Kier molecular flexibility index (Phi) is 5.06. The smallest absolute Gasteiger partial charge is 0.337 e. The van der Waals surface area contributed by atoms with E-state index in [2.05, 4.69) is 16.0 Å². The van der Waals surface area contributed by atoms with Gasteiger partial charge in [0.15, 0.2) is 6.10 Å². The molecule has 0 radical (unpaired) electrons. The number of hydrogen-bond donors (Lipinski definition) is 2. The number of hydrogen-bond acceptors (Lipinski definition) is 5. The third-order valence-electron chi connectivity index (χ3n) is 5.98. The van der Waals surface area contributed by atoms with Crippen LogP contribution < -0.4 is 0 Å². The monoisotopic (exact) mass is 449 g/mol. The fourth-order valence-electron chi connectivity index (χ4n) is 4.69. The molecule has 1 aliphatic carbocycles. The van der Waals surface area contributed by atoms with Crippen LogP contribution in [0.2, 0.25) is 0 Å². The van der Waals surface area contributed by atoms with Gasteiger partial charge in [-0.25, -0.2) is 9.78 Å². The quantitative estimate of drug-likeness (QED) is 0.401. The van der Waals surface area contributed by atoms with Gasteiger partial charge in [-0.05, 0) is 71.1 Å². The Hall–Kier alpha value is -2.77. The van der Waals surface area contributed by atoms with E-state index in [4.69, 9.17) is 9.72 Å². The number of aromatic amines is 1. The Morgan fingerprint density at radius 1 is 1.28 bits per heavy atom. The van der Waals surface area contributed by atoms with Gasteiger partial charge in [0.25, 0.3) is 0 Å². The number of carbonyl (C=O) groups is 1. The third-order valence-corrected chi connectivity index (χ3v) is 7.16. The van der Waals surface area contributed by atoms with Crippen molar-refractivity contribution in [3.05, 3.63) is 46.2 Å². The Morgan fingerprint density at radius 3 is 2.81 bits per heavy atom. The highest BCUT2D eigenvalue weighted by Gasteiger charge is 2.34. The molecule has 4 aromatic rings. The van der Waals surface area contributed by atoms with Crippen molar-refractivity contribution in [2.75, 3.05) is 0 Å². The molecule has 4 aromatic heterocycles. The number of aromatic nitrogens is 3. The number of carboxylic acids is 1. The predicted molar refractivity (Wildman–Crippen MR) is 127 cm³/mol. The number of aryl methyl sites for hydroxylation is 3. The van der Waals surface area contributed by atoms with Crippen molar-refractivity contribution in [3.63, 3.8) is 0 Å². The molecule has 1 unspecified atom stereocenters. The second-order valence-corrected chi connectivity index (χ2v) is 10.5. The number of rotatable bonds is 4. The molecular formula is C25H27N3O3S. The van der Waals surface area contributed by atoms with Crippen LogP contribution >= 0.6 is 11.3 Å². The number of nitrogens with one attached hydrogen (secondary N) is 1. The number of ether oxygens (including phenoxy) is 1. The highest BCUT2D eigenvalue weighted by molar-refractivity contribution is 7.19. The average molecular weight is 450 g/mol. The summed E-state index contributed by atoms with van der Waals surface area (Å²) in [5, 5.41) is 11.3. The molecule has 7 heteroatoms. The highest BCUT2D eigenvalue weighted by atomic mass is 32.1. The molecule has 0 bridgehead atoms. The number of aliphatic carboxylic acids is 1. The Morgan fingerprint density at radius 2 is 2.06 bits per heavy atom. The van der Waals surface area contributed by atoms with Crippen LogP contribution in [0.25, 0.3) is 32.4 Å². The zero-order valence-corrected chi connectivity index (χ0v) is 19.6. The van der Waals surface area contributed by atoms with E-state index in [1.54, 1.807) is 11.3 Å². The summed E-state index contributed by atoms with van der Waals surface area (Å²) in [5.74, 6) is -1.01. The first-order chi connectivity index (χ1) is 15.2. The molecule has 0 spiro atoms. The van der Waals surface area contributed by atoms with Gasteiger partial charge in [-0.1, -0.05) is 0 Å². The average Bonchev–Trinajstić information content (AvgIpc) is 3.33. The van der Waals surface area contributed by atoms with Gasteiger partial charge in [0.2, 0.25) is 0 Å². The molecule has 166 valence electrons. The third kappa shape index (κ3) is 3.59. The summed E-state index contributed by atoms with van der Waals surface area (Å²) in [6.07, 6.45) is 6.95. The normalized spacial score (nSPS) is 15.2. The van der Waals surface area contributed by atoms with E-state index >= 15 is 0 Å². The number of carboxylic acid groups (broad SMARTS) is 1. The van der Waals surface area contributed by atoms with E-state index in [1.165, 1.54) is 16.9 Å². The van der Waals surface area contributed by atoms with Crippen molar-refractivity contribution in [1.82, 2.24) is 15.0 Å². The van der Waals surface area contributed by atoms with Crippen molar-refractivity contribution >= 4 is 38.6 Å². The summed E-state index contributed by atoms with van der Waals surface area (Å²) in [4.78, 5) is 27.6. The van der Waals surface area contributed by atoms with Gasteiger partial charge in [0.1, 0.15) is 4.83 Å². The van der Waals surface area contributed by atoms with Gasteiger partial charge in [-0.3, -0.25) is 4.98 Å². The summed E-state index contributed by atoms with van der Waals surface area (Å²) in [7, 11) is 0. The maximum absolute atomic E-state index is 12.5. The van der Waals surface area contributed by atoms with Crippen molar-refractivity contribution in [2.45, 2.75) is 65.1 Å². The van der Waals surface area contributed by atoms with Crippen LogP contribution in [-0.4, -0.2) is 31.6 Å². The molecule has 0 saturated heterocycles. The van der Waals surface area contributed by atoms with Crippen LogP contribution in [0.3, 0.4) is 0 Å². The number of fused-ring (bicyclic) bond motifs is 4. The van der Waals surface area contributed by atoms with E-state index in [0.29, 0.717) is 11.3 Å². The summed E-state index contributed by atoms with van der Waals surface area (Å²) in [5.41, 5.74) is 5.58. The van der Waals surface area contributed by atoms with Crippen molar-refractivity contribution < 1.29 is 14.6 Å². The van der Waals surface area contributed by atoms with E-state index in [1.807, 2.05) is 46.2 Å². The molecule has 5 rings (SSSR count). The van der Waals surface area contributed by atoms with Crippen LogP contribution in [0.4, 0.5) is 0 Å². The zero-order valence-electron chi connectivity index (χ0n) is 18.8. The van der Waals surface area contributed by atoms with Gasteiger partial charge >= 0.3 is 5.97 Å². The van der Waals surface area contributed by atoms with Crippen LogP contribution in [0.1, 0.15) is 61.4 Å². The number of thiophene rings is 1. The maximum atomic E-state index is 12.5. The topological polar surface area (TPSA) is 88.1 Å². The predicted octanol–water partition coefficient (Wildman–Crippen LogP) is 5.97. The van der Waals surface area contributed by atoms with Gasteiger partial charge in [0, 0.05) is 45.0 Å². The Labute approximate surface area is 190 Å². The van der Waals surface area contributed by atoms with E-state index in [0.717, 1.165) is 51.6 Å². The molecule has 0 aromatic carbocycles. The SMILES string of the molecule is Cc1nc2sc3c(c2c(-c2cnc4cc[nH]c4c2)c1C(OC(C)(C)C)C(=O)O)CCCC3. The lowest BCUT2D eigenvalue weighted by Crippen LogP contribution is -2.28. The molecule has 32 heavy (non-hydrogen) atoms. The molecule has 6 nitrogen and oxygen atoms in total. The molecule has 4 heterocycles. The number of pyridine rings is 2. The highest BCUT2D eigenvalue weighted by Crippen LogP contribution is 2.45. The lowest BCUT2D eigenvalue weighted by molar-refractivity contribution is -0.160. The first kappa shape index (κ1) is 21.1. The summed E-state index contributed by atoms with van der Waals surface area (Å²) in [6, 6.07) is 3.99. The minimum atomic E-state index is -1.12. The summed E-state index contributed by atoms with van der Waals surface area (Å²) < 4.78 is 6.11. The zero-order chi connectivity index (χ0) is 22.6. The first-order valence-electron chi connectivity index (χ1n) is 11.0. The van der Waals surface area contributed by atoms with Gasteiger partial charge in [0.05, 0.1) is 16.6 Å². The number of nitrogens with zero attached hydrogens (tertiary/aromatic N) is 2. The molecule has 1 aliphatic rings. The number of H-pyrrole nitrogens is 1. The van der Waals surface area contributed by atoms with Gasteiger partial charge in [-0.15, -0.1) is 11.3 Å². The van der Waals surface area contributed by atoms with Gasteiger partial charge < -0.3 is 14.8 Å². The van der Waals surface area contributed by atoms with Crippen molar-refractivity contribution in [2.24, 2.45) is 0 Å². The summed E-state index contributed by atoms with van der Waals surface area (Å²) >= 11 is 1.74. The first-order valence-corrected chi connectivity index (χ1v) is 11.8. The molecule has 2 N–H and O–H groups in total. The standard InChI is InChI=1S/C25H27N3O3S/c1-13-19(22(24(29)30)31-25(2,3)4)20(14-11-17-16(27-12-14)9-10-26-17)21-15-7-5-6-8-18(15)32-23(21)28-13/h9-12,22,26H,5-8H2,1-4H3,(H,29,30). The van der Waals surface area contributed by atoms with Crippen LogP contribution in [0.15, 0.2) is 24.5 Å². The maximum Gasteiger partial charge on any atom is 0.337 e. The lowest BCUT2D eigenvalue weighted by Gasteiger charge is -2.28. The molecule has 1 atom stereocenters. The minimum Gasteiger partial charge on any atom is -0.479 e. The van der Waals surface area contributed by atoms with E-state index in [-0.39, 0.29) is 0 Å². The van der Waals surface area contributed by atoms with Gasteiger partial charge in [-0.2, -0.15) is 0 Å². The Balaban J connectivity index is 1.87. The largest absolute Gasteiger partial charge is 0.479 e. The lowest BCUT2D eigenvalue weighted by atomic mass is 9.88. The minimum absolute atomic E-state index is 0.624. The van der Waals surface area contributed by atoms with Crippen LogP contribution in [-0.2, 0) is 22.4 Å². The van der Waals surface area contributed by atoms with Crippen molar-refractivity contribution in [3.8, 4) is 11.1 Å². The molecule has 0 fully saturated rings. The molecule has 0 amide bonds. The second-order valence-electron chi connectivity index (χ2n) is 9.46. The fourth-order valence-corrected chi connectivity index (χ4v) is 6.01. The van der Waals surface area contributed by atoms with E-state index in [9.17, 15) is 9.90 Å². The van der Waals surface area contributed by atoms with E-state index < -0.39 is 17.7 Å². The fraction of sp³-hybridized carbons (Fsp3) is 0.400. The molecular weight excluding hydrogens is 422 g/mol. The Bertz CT molecular complexity index is 1350. The second kappa shape index (κ2) is 7.67. The van der Waals surface area contributed by atoms with Crippen LogP contribution in [0, 0.1) is 6.92 Å². The molecule has 0 aliphatic heterocycles. The van der Waals surface area contributed by atoms with Crippen LogP contribution in [0.5, 0.6) is 0 Å². The summed E-state index contributed by atoms with van der Waals surface area (Å²) in [6.45, 7) is 7.52. The van der Waals surface area contributed by atoms with Crippen molar-refractivity contribution in [1.29, 1.82) is 0 Å². The molecule has 0 saturated carbocycles.